The standard InChI is InChI=1S/C6H8Cl6F4Si2/c7-17(8,9)3-1-5(13,14)6(15,16)2-4-18(10,11)12/h1-4H2. The Morgan fingerprint density at radius 3 is 1.00 bits per heavy atom. The molecule has 0 saturated heterocycles. The molecule has 0 radical (unpaired) electrons. The first-order chi connectivity index (χ1) is 7.66. The summed E-state index contributed by atoms with van der Waals surface area (Å²) in [6, 6.07) is -7.87. The zero-order valence-electron chi connectivity index (χ0n) is 8.61. The Balaban J connectivity index is 4.55. The van der Waals surface area contributed by atoms with E-state index in [0.29, 0.717) is 0 Å². The van der Waals surface area contributed by atoms with Gasteiger partial charge in [-0.25, -0.2) is 0 Å². The van der Waals surface area contributed by atoms with Crippen LogP contribution in [0.4, 0.5) is 17.6 Å². The molecule has 0 rings (SSSR count). The van der Waals surface area contributed by atoms with Crippen molar-refractivity contribution in [1.29, 1.82) is 0 Å². The van der Waals surface area contributed by atoms with Gasteiger partial charge < -0.3 is 0 Å². The molecule has 0 amide bonds. The van der Waals surface area contributed by atoms with Gasteiger partial charge in [0, 0.05) is 12.8 Å². The molecule has 0 spiro atoms. The number of halogens is 10. The Morgan fingerprint density at radius 2 is 0.833 bits per heavy atom. The smallest absolute Gasteiger partial charge is 0.200 e. The molecule has 0 nitrogen and oxygen atoms in total. The fourth-order valence-corrected chi connectivity index (χ4v) is 3.86. The molecular weight excluding hydrogens is 417 g/mol. The Hall–Kier alpha value is 1.89. The van der Waals surface area contributed by atoms with Crippen LogP contribution in [0.1, 0.15) is 12.8 Å². The summed E-state index contributed by atoms with van der Waals surface area (Å²) in [4.78, 5) is 0. The summed E-state index contributed by atoms with van der Waals surface area (Å²) in [5.74, 6) is -8.57. The molecular formula is C6H8Cl6F4Si2. The van der Waals surface area contributed by atoms with Crippen molar-refractivity contribution in [2.24, 2.45) is 0 Å². The van der Waals surface area contributed by atoms with Gasteiger partial charge in [-0.1, -0.05) is 0 Å². The monoisotopic (exact) mass is 422 g/mol. The molecule has 0 fully saturated rings. The van der Waals surface area contributed by atoms with Gasteiger partial charge in [-0.05, 0) is 12.1 Å². The predicted octanol–water partition coefficient (Wildman–Crippen LogP) is 6.35. The van der Waals surface area contributed by atoms with Crippen LogP contribution in [0.15, 0.2) is 0 Å². The lowest BCUT2D eigenvalue weighted by Crippen LogP contribution is -2.42. The van der Waals surface area contributed by atoms with Crippen molar-refractivity contribution in [3.05, 3.63) is 0 Å². The van der Waals surface area contributed by atoms with Crippen molar-refractivity contribution in [2.45, 2.75) is 36.8 Å². The highest BCUT2D eigenvalue weighted by atomic mass is 35.8. The number of hydrogen-bond acceptors (Lipinski definition) is 0. The van der Waals surface area contributed by atoms with Gasteiger partial charge in [-0.2, -0.15) is 17.6 Å². The van der Waals surface area contributed by atoms with Crippen molar-refractivity contribution in [3.8, 4) is 0 Å². The van der Waals surface area contributed by atoms with Crippen LogP contribution in [-0.4, -0.2) is 23.9 Å². The third-order valence-electron chi connectivity index (χ3n) is 1.98. The molecule has 0 aliphatic carbocycles. The largest absolute Gasteiger partial charge is 0.341 e. The third kappa shape index (κ3) is 8.24. The first-order valence-corrected chi connectivity index (χ1v) is 15.0. The van der Waals surface area contributed by atoms with Gasteiger partial charge in [-0.15, -0.1) is 66.5 Å². The van der Waals surface area contributed by atoms with E-state index in [4.69, 9.17) is 66.5 Å². The van der Waals surface area contributed by atoms with Gasteiger partial charge in [0.2, 0.25) is 0 Å². The fourth-order valence-electron chi connectivity index (χ4n) is 0.963. The first kappa shape index (κ1) is 19.9. The zero-order chi connectivity index (χ0) is 14.8. The van der Waals surface area contributed by atoms with Crippen molar-refractivity contribution < 1.29 is 17.6 Å². The van der Waals surface area contributed by atoms with Crippen LogP contribution >= 0.6 is 66.5 Å². The Labute approximate surface area is 132 Å². The van der Waals surface area contributed by atoms with Crippen LogP contribution in [0.2, 0.25) is 12.1 Å². The van der Waals surface area contributed by atoms with E-state index in [0.717, 1.165) is 0 Å². The molecule has 18 heavy (non-hydrogen) atoms. The lowest BCUT2D eigenvalue weighted by Gasteiger charge is -2.28. The van der Waals surface area contributed by atoms with E-state index in [-0.39, 0.29) is 0 Å². The number of alkyl halides is 4. The predicted molar refractivity (Wildman–Crippen MR) is 75.4 cm³/mol. The van der Waals surface area contributed by atoms with Crippen molar-refractivity contribution in [2.75, 3.05) is 0 Å². The maximum absolute atomic E-state index is 13.3. The van der Waals surface area contributed by atoms with Crippen molar-refractivity contribution in [3.63, 3.8) is 0 Å². The quantitative estimate of drug-likeness (QED) is 0.254. The van der Waals surface area contributed by atoms with Crippen LogP contribution < -0.4 is 0 Å². The highest BCUT2D eigenvalue weighted by molar-refractivity contribution is 7.65. The molecule has 0 aliphatic heterocycles. The van der Waals surface area contributed by atoms with Crippen molar-refractivity contribution >= 4 is 78.5 Å². The van der Waals surface area contributed by atoms with Crippen LogP contribution in [0.5, 0.6) is 0 Å². The van der Waals surface area contributed by atoms with E-state index in [1.54, 1.807) is 0 Å². The average Bonchev–Trinajstić information content (AvgIpc) is 2.10. The van der Waals surface area contributed by atoms with Crippen LogP contribution in [0.3, 0.4) is 0 Å². The first-order valence-electron chi connectivity index (χ1n) is 4.55. The number of rotatable bonds is 7. The molecule has 0 bridgehead atoms. The summed E-state index contributed by atoms with van der Waals surface area (Å²) in [7, 11) is 0. The molecule has 0 heterocycles. The molecule has 0 saturated carbocycles. The van der Waals surface area contributed by atoms with Gasteiger partial charge in [0.15, 0.2) is 0 Å². The molecule has 0 N–H and O–H groups in total. The minimum Gasteiger partial charge on any atom is -0.200 e. The van der Waals surface area contributed by atoms with E-state index in [9.17, 15) is 17.6 Å². The molecule has 0 aromatic carbocycles. The Kier molecular flexibility index (Phi) is 7.48. The van der Waals surface area contributed by atoms with Gasteiger partial charge >= 0.3 is 23.9 Å². The van der Waals surface area contributed by atoms with E-state index in [1.807, 2.05) is 0 Å². The number of hydrogen-bond donors (Lipinski definition) is 0. The highest BCUT2D eigenvalue weighted by Crippen LogP contribution is 2.45. The minimum absolute atomic E-state index is 0.564. The lowest BCUT2D eigenvalue weighted by molar-refractivity contribution is -0.210. The summed E-state index contributed by atoms with van der Waals surface area (Å²) in [5, 5.41) is 0. The van der Waals surface area contributed by atoms with Crippen LogP contribution in [-0.2, 0) is 0 Å². The Morgan fingerprint density at radius 1 is 0.611 bits per heavy atom. The van der Waals surface area contributed by atoms with Gasteiger partial charge in [0.05, 0.1) is 0 Å². The summed E-state index contributed by atoms with van der Waals surface area (Å²) in [6.07, 6.45) is -2.41. The van der Waals surface area contributed by atoms with E-state index >= 15 is 0 Å². The van der Waals surface area contributed by atoms with Crippen molar-refractivity contribution in [1.82, 2.24) is 0 Å². The fraction of sp³-hybridized carbons (Fsp3) is 1.00. The third-order valence-corrected chi connectivity index (χ3v) is 7.02. The molecule has 0 unspecified atom stereocenters. The summed E-state index contributed by atoms with van der Waals surface area (Å²) in [6.45, 7) is 0. The maximum Gasteiger partial charge on any atom is 0.341 e. The second-order valence-corrected chi connectivity index (χ2v) is 22.2. The highest BCUT2D eigenvalue weighted by Gasteiger charge is 2.56. The molecule has 12 heteroatoms. The topological polar surface area (TPSA) is 0 Å². The molecule has 0 aliphatic rings. The second kappa shape index (κ2) is 6.77. The van der Waals surface area contributed by atoms with E-state index in [1.165, 1.54) is 0 Å². The lowest BCUT2D eigenvalue weighted by atomic mass is 10.1. The van der Waals surface area contributed by atoms with Crippen LogP contribution in [0.25, 0.3) is 0 Å². The van der Waals surface area contributed by atoms with Gasteiger partial charge in [0.25, 0.3) is 0 Å². The Bertz CT molecular complexity index is 248. The van der Waals surface area contributed by atoms with Gasteiger partial charge in [0.1, 0.15) is 0 Å². The summed E-state index contributed by atoms with van der Waals surface area (Å²) in [5.41, 5.74) is 0. The van der Waals surface area contributed by atoms with E-state index < -0.39 is 48.8 Å². The molecule has 110 valence electrons. The molecule has 0 aromatic rings. The minimum atomic E-state index is -4.28. The summed E-state index contributed by atoms with van der Waals surface area (Å²) >= 11 is 32.2. The molecule has 0 aromatic heterocycles. The maximum atomic E-state index is 13.3. The SMILES string of the molecule is FC(F)(CC[Si](Cl)(Cl)Cl)C(F)(F)CC[Si](Cl)(Cl)Cl. The average molecular weight is 425 g/mol. The van der Waals surface area contributed by atoms with Crippen LogP contribution in [0, 0.1) is 0 Å². The second-order valence-electron chi connectivity index (χ2n) is 3.64. The zero-order valence-corrected chi connectivity index (χ0v) is 15.1. The summed E-state index contributed by atoms with van der Waals surface area (Å²) < 4.78 is 53.2. The van der Waals surface area contributed by atoms with E-state index in [2.05, 4.69) is 0 Å². The normalized spacial score (nSPS) is 15.0. The van der Waals surface area contributed by atoms with Gasteiger partial charge in [-0.3, -0.25) is 0 Å². The molecule has 0 atom stereocenters.